The van der Waals surface area contributed by atoms with Gasteiger partial charge in [0, 0.05) is 6.42 Å². The largest absolute Gasteiger partial charge is 0.497 e. The Bertz CT molecular complexity index is 908. The first-order chi connectivity index (χ1) is 12.8. The minimum absolute atomic E-state index is 0.00474. The van der Waals surface area contributed by atoms with Crippen molar-refractivity contribution in [1.82, 2.24) is 5.32 Å². The molecule has 0 aliphatic heterocycles. The molecule has 1 amide bonds. The molecule has 0 saturated carbocycles. The van der Waals surface area contributed by atoms with Crippen LogP contribution in [0.2, 0.25) is 0 Å². The van der Waals surface area contributed by atoms with Crippen molar-refractivity contribution in [3.8, 4) is 5.75 Å². The predicted molar refractivity (Wildman–Crippen MR) is 90.8 cm³/mol. The number of thiophene rings is 1. The van der Waals surface area contributed by atoms with Crippen molar-refractivity contribution in [2.24, 2.45) is 5.16 Å². The fraction of sp³-hybridized carbons (Fsp3) is 0.235. The first kappa shape index (κ1) is 18.9. The molecule has 0 radical (unpaired) electrons. The van der Waals surface area contributed by atoms with Gasteiger partial charge in [-0.1, -0.05) is 11.2 Å². The van der Waals surface area contributed by atoms with E-state index in [1.54, 1.807) is 23.6 Å². The van der Waals surface area contributed by atoms with Gasteiger partial charge in [0.25, 0.3) is 0 Å². The summed E-state index contributed by atoms with van der Waals surface area (Å²) < 4.78 is 42.5. The molecule has 3 rings (SSSR count). The zero-order valence-electron chi connectivity index (χ0n) is 13.9. The van der Waals surface area contributed by atoms with Crippen LogP contribution in [0.4, 0.5) is 13.2 Å². The van der Waals surface area contributed by atoms with E-state index >= 15 is 0 Å². The number of ether oxygens (including phenoxy) is 1. The summed E-state index contributed by atoms with van der Waals surface area (Å²) in [5.41, 5.74) is 1.02. The molecule has 2 aromatic rings. The number of methoxy groups -OCH3 is 1. The molecule has 10 heteroatoms. The molecular weight excluding hydrogens is 385 g/mol. The highest BCUT2D eigenvalue weighted by molar-refractivity contribution is 7.12. The lowest BCUT2D eigenvalue weighted by molar-refractivity contribution is -0.174. The molecule has 1 aliphatic carbocycles. The zero-order chi connectivity index (χ0) is 19.6. The number of nitrogens with zero attached hydrogens (tertiary/aromatic N) is 1. The van der Waals surface area contributed by atoms with E-state index in [9.17, 15) is 22.8 Å². The Labute approximate surface area is 155 Å². The standard InChI is InChI=1S/C17H13F3N2O4S/c1-25-10-4-2-3-9(7-10)15(23)26-22-13-8-12(11-5-6-27-14(11)13)21-16(24)17(18,19)20/h2-7,12H,8H2,1H3,(H,21,24)/b22-13-/t12-/m1/s1. The van der Waals surface area contributed by atoms with Crippen LogP contribution in [0.1, 0.15) is 33.3 Å². The van der Waals surface area contributed by atoms with E-state index in [4.69, 9.17) is 9.57 Å². The van der Waals surface area contributed by atoms with Gasteiger partial charge in [0.15, 0.2) is 0 Å². The number of oxime groups is 1. The number of benzene rings is 1. The quantitative estimate of drug-likeness (QED) is 0.632. The second kappa shape index (κ2) is 7.39. The van der Waals surface area contributed by atoms with Crippen molar-refractivity contribution < 1.29 is 32.3 Å². The van der Waals surface area contributed by atoms with Crippen LogP contribution in [0.3, 0.4) is 0 Å². The summed E-state index contributed by atoms with van der Waals surface area (Å²) in [4.78, 5) is 28.8. The summed E-state index contributed by atoms with van der Waals surface area (Å²) in [5.74, 6) is -2.30. The van der Waals surface area contributed by atoms with Crippen LogP contribution in [-0.4, -0.2) is 30.9 Å². The molecule has 0 saturated heterocycles. The number of amides is 1. The van der Waals surface area contributed by atoms with Gasteiger partial charge in [-0.3, -0.25) is 4.79 Å². The molecule has 142 valence electrons. The molecule has 0 fully saturated rings. The summed E-state index contributed by atoms with van der Waals surface area (Å²) in [6.45, 7) is 0. The first-order valence-electron chi connectivity index (χ1n) is 7.67. The maximum Gasteiger partial charge on any atom is 0.471 e. The van der Waals surface area contributed by atoms with E-state index in [2.05, 4.69) is 5.16 Å². The van der Waals surface area contributed by atoms with Crippen LogP contribution in [0.25, 0.3) is 0 Å². The number of halogens is 3. The lowest BCUT2D eigenvalue weighted by atomic mass is 10.2. The molecule has 1 atom stereocenters. The Hall–Kier alpha value is -2.88. The second-order valence-electron chi connectivity index (χ2n) is 5.58. The first-order valence-corrected chi connectivity index (χ1v) is 8.55. The molecule has 1 aliphatic rings. The SMILES string of the molecule is COc1cccc(C(=O)O/N=C2/C[C@@H](NC(=O)C(F)(F)F)c3ccsc32)c1. The van der Waals surface area contributed by atoms with Gasteiger partial charge in [-0.25, -0.2) is 4.79 Å². The fourth-order valence-corrected chi connectivity index (χ4v) is 3.52. The lowest BCUT2D eigenvalue weighted by Gasteiger charge is -2.13. The van der Waals surface area contributed by atoms with Crippen molar-refractivity contribution in [2.75, 3.05) is 7.11 Å². The average Bonchev–Trinajstić information content (AvgIpc) is 3.23. The maximum absolute atomic E-state index is 12.5. The van der Waals surface area contributed by atoms with Crippen LogP contribution in [-0.2, 0) is 9.63 Å². The van der Waals surface area contributed by atoms with Crippen LogP contribution in [0.5, 0.6) is 5.75 Å². The van der Waals surface area contributed by atoms with Crippen molar-refractivity contribution in [3.05, 3.63) is 51.7 Å². The Morgan fingerprint density at radius 2 is 2.07 bits per heavy atom. The summed E-state index contributed by atoms with van der Waals surface area (Å²) in [6.07, 6.45) is -4.98. The molecule has 0 unspecified atom stereocenters. The van der Waals surface area contributed by atoms with Crippen LogP contribution < -0.4 is 10.1 Å². The second-order valence-corrected chi connectivity index (χ2v) is 6.50. The Morgan fingerprint density at radius 3 is 2.78 bits per heavy atom. The minimum Gasteiger partial charge on any atom is -0.497 e. The van der Waals surface area contributed by atoms with Gasteiger partial charge in [-0.05, 0) is 35.2 Å². The molecule has 0 bridgehead atoms. The number of carbonyl (C=O) groups is 2. The van der Waals surface area contributed by atoms with Crippen molar-refractivity contribution in [2.45, 2.75) is 18.6 Å². The smallest absolute Gasteiger partial charge is 0.471 e. The zero-order valence-corrected chi connectivity index (χ0v) is 14.7. The number of fused-ring (bicyclic) bond motifs is 1. The van der Waals surface area contributed by atoms with Crippen LogP contribution >= 0.6 is 11.3 Å². The Balaban J connectivity index is 1.74. The van der Waals surface area contributed by atoms with E-state index in [0.29, 0.717) is 21.9 Å². The van der Waals surface area contributed by atoms with Gasteiger partial charge in [0.1, 0.15) is 11.5 Å². The van der Waals surface area contributed by atoms with E-state index < -0.39 is 24.1 Å². The normalized spacial score (nSPS) is 17.5. The van der Waals surface area contributed by atoms with Gasteiger partial charge in [0.2, 0.25) is 0 Å². The predicted octanol–water partition coefficient (Wildman–Crippen LogP) is 3.44. The maximum atomic E-state index is 12.5. The third kappa shape index (κ3) is 4.11. The van der Waals surface area contributed by atoms with E-state index in [-0.39, 0.29) is 12.0 Å². The number of carbonyl (C=O) groups excluding carboxylic acids is 2. The third-order valence-electron chi connectivity index (χ3n) is 3.84. The number of alkyl halides is 3. The highest BCUT2D eigenvalue weighted by atomic mass is 32.1. The third-order valence-corrected chi connectivity index (χ3v) is 4.82. The van der Waals surface area contributed by atoms with E-state index in [1.165, 1.54) is 30.6 Å². The number of hydrogen-bond acceptors (Lipinski definition) is 6. The van der Waals surface area contributed by atoms with Crippen LogP contribution in [0, 0.1) is 0 Å². The van der Waals surface area contributed by atoms with Crippen molar-refractivity contribution >= 4 is 28.9 Å². The summed E-state index contributed by atoms with van der Waals surface area (Å²) >= 11 is 1.24. The lowest BCUT2D eigenvalue weighted by Crippen LogP contribution is -2.38. The molecule has 1 aromatic heterocycles. The number of hydrogen-bond donors (Lipinski definition) is 1. The van der Waals surface area contributed by atoms with Gasteiger partial charge in [0.05, 0.1) is 23.6 Å². The summed E-state index contributed by atoms with van der Waals surface area (Å²) in [5, 5.41) is 7.39. The molecule has 6 nitrogen and oxygen atoms in total. The summed E-state index contributed by atoms with van der Waals surface area (Å²) in [7, 11) is 1.46. The van der Waals surface area contributed by atoms with Crippen molar-refractivity contribution in [1.29, 1.82) is 0 Å². The van der Waals surface area contributed by atoms with Gasteiger partial charge in [-0.15, -0.1) is 11.3 Å². The molecule has 1 N–H and O–H groups in total. The monoisotopic (exact) mass is 398 g/mol. The molecule has 1 aromatic carbocycles. The topological polar surface area (TPSA) is 77.0 Å². The van der Waals surface area contributed by atoms with E-state index in [1.807, 2.05) is 5.32 Å². The minimum atomic E-state index is -4.98. The molecule has 1 heterocycles. The molecular formula is C17H13F3N2O4S. The van der Waals surface area contributed by atoms with Crippen LogP contribution in [0.15, 0.2) is 40.9 Å². The van der Waals surface area contributed by atoms with Gasteiger partial charge < -0.3 is 14.9 Å². The van der Waals surface area contributed by atoms with E-state index in [0.717, 1.165) is 0 Å². The Kier molecular flexibility index (Phi) is 5.17. The molecule has 27 heavy (non-hydrogen) atoms. The fourth-order valence-electron chi connectivity index (χ4n) is 2.57. The molecule has 0 spiro atoms. The highest BCUT2D eigenvalue weighted by Crippen LogP contribution is 2.36. The summed E-state index contributed by atoms with van der Waals surface area (Å²) in [6, 6.07) is 6.98. The highest BCUT2D eigenvalue weighted by Gasteiger charge is 2.42. The van der Waals surface area contributed by atoms with Gasteiger partial charge >= 0.3 is 18.1 Å². The Morgan fingerprint density at radius 1 is 1.30 bits per heavy atom. The van der Waals surface area contributed by atoms with Gasteiger partial charge in [-0.2, -0.15) is 13.2 Å². The number of nitrogens with one attached hydrogen (secondary N) is 1. The number of rotatable bonds is 4. The van der Waals surface area contributed by atoms with Crippen molar-refractivity contribution in [3.63, 3.8) is 0 Å². The average molecular weight is 398 g/mol.